The molecule has 0 amide bonds. The first-order valence-electron chi connectivity index (χ1n) is 7.37. The fourth-order valence-electron chi connectivity index (χ4n) is 3.33. The summed E-state index contributed by atoms with van der Waals surface area (Å²) < 4.78 is 52.1. The molecule has 1 heterocycles. The number of methoxy groups -OCH3 is 1. The summed E-state index contributed by atoms with van der Waals surface area (Å²) in [5.41, 5.74) is 0.425. The number of nitrogens with zero attached hydrogens (tertiary/aromatic N) is 1. The van der Waals surface area contributed by atoms with E-state index < -0.39 is 15.8 Å². The second-order valence-corrected chi connectivity index (χ2v) is 7.67. The third-order valence-electron chi connectivity index (χ3n) is 4.53. The first kappa shape index (κ1) is 15.9. The number of aryl methyl sites for hydroxylation is 1. The molecule has 7 heteroatoms. The van der Waals surface area contributed by atoms with Crippen LogP contribution < -0.4 is 0 Å². The zero-order valence-electron chi connectivity index (χ0n) is 12.7. The highest BCUT2D eigenvalue weighted by Crippen LogP contribution is 2.34. The van der Waals surface area contributed by atoms with Gasteiger partial charge < -0.3 is 9.47 Å². The molecule has 0 unspecified atom stereocenters. The lowest BCUT2D eigenvalue weighted by Crippen LogP contribution is -2.46. The Hall–Kier alpha value is -1.02. The van der Waals surface area contributed by atoms with Crippen molar-refractivity contribution in [2.45, 2.75) is 42.9 Å². The maximum Gasteiger partial charge on any atom is 0.243 e. The van der Waals surface area contributed by atoms with E-state index in [-0.39, 0.29) is 29.7 Å². The van der Waals surface area contributed by atoms with Gasteiger partial charge in [0.05, 0.1) is 29.8 Å². The summed E-state index contributed by atoms with van der Waals surface area (Å²) in [4.78, 5) is -0.0178. The van der Waals surface area contributed by atoms with Crippen LogP contribution in [0.1, 0.15) is 18.4 Å². The van der Waals surface area contributed by atoms with Gasteiger partial charge in [-0.2, -0.15) is 4.31 Å². The molecule has 2 aliphatic rings. The molecule has 22 heavy (non-hydrogen) atoms. The van der Waals surface area contributed by atoms with Gasteiger partial charge in [-0.05, 0) is 37.5 Å². The van der Waals surface area contributed by atoms with Gasteiger partial charge in [-0.15, -0.1) is 0 Å². The number of halogens is 1. The fourth-order valence-corrected chi connectivity index (χ4v) is 4.99. The minimum Gasteiger partial charge on any atom is -0.377 e. The fraction of sp³-hybridized carbons (Fsp3) is 0.600. The highest BCUT2D eigenvalue weighted by molar-refractivity contribution is 7.89. The molecule has 1 aliphatic heterocycles. The van der Waals surface area contributed by atoms with E-state index in [1.54, 1.807) is 14.0 Å². The Morgan fingerprint density at radius 3 is 2.82 bits per heavy atom. The number of fused-ring (bicyclic) bond motifs is 2. The van der Waals surface area contributed by atoms with Gasteiger partial charge in [-0.3, -0.25) is 0 Å². The summed E-state index contributed by atoms with van der Waals surface area (Å²) in [7, 11) is -2.20. The molecule has 0 N–H and O–H groups in total. The van der Waals surface area contributed by atoms with E-state index in [1.807, 2.05) is 0 Å². The number of benzene rings is 1. The standard InChI is InChI=1S/C15H20FNO4S/c1-10-3-4-11(9-12(10)16)22(18,19)17-7-8-21-14-6-5-13(17)15(14)20-2/h3-4,9,13-15H,5-8H2,1-2H3/t13-,14-,15+/m1/s1. The van der Waals surface area contributed by atoms with Crippen molar-refractivity contribution in [3.05, 3.63) is 29.6 Å². The van der Waals surface area contributed by atoms with Gasteiger partial charge in [0, 0.05) is 13.7 Å². The summed E-state index contributed by atoms with van der Waals surface area (Å²) in [6, 6.07) is 3.77. The van der Waals surface area contributed by atoms with Gasteiger partial charge in [-0.25, -0.2) is 12.8 Å². The maximum absolute atomic E-state index is 13.8. The summed E-state index contributed by atoms with van der Waals surface area (Å²) in [6.07, 6.45) is 1.13. The zero-order chi connectivity index (χ0) is 15.9. The molecule has 2 bridgehead atoms. The molecule has 1 aliphatic carbocycles. The Kier molecular flexibility index (Phi) is 4.24. The molecule has 0 aromatic heterocycles. The van der Waals surface area contributed by atoms with Gasteiger partial charge in [0.25, 0.3) is 0 Å². The smallest absolute Gasteiger partial charge is 0.243 e. The van der Waals surface area contributed by atoms with Crippen molar-refractivity contribution in [3.8, 4) is 0 Å². The Balaban J connectivity index is 1.98. The number of hydrogen-bond donors (Lipinski definition) is 0. The lowest BCUT2D eigenvalue weighted by molar-refractivity contribution is -0.0304. The first-order valence-corrected chi connectivity index (χ1v) is 8.81. The Labute approximate surface area is 130 Å². The maximum atomic E-state index is 13.8. The number of rotatable bonds is 3. The number of sulfonamides is 1. The molecular weight excluding hydrogens is 309 g/mol. The van der Waals surface area contributed by atoms with Gasteiger partial charge in [0.15, 0.2) is 0 Å². The molecule has 3 rings (SSSR count). The third-order valence-corrected chi connectivity index (χ3v) is 6.45. The minimum absolute atomic E-state index is 0.0178. The van der Waals surface area contributed by atoms with Crippen molar-refractivity contribution >= 4 is 10.0 Å². The molecule has 1 aromatic carbocycles. The molecule has 122 valence electrons. The van der Waals surface area contributed by atoms with Gasteiger partial charge in [0.2, 0.25) is 10.0 Å². The van der Waals surface area contributed by atoms with Crippen LogP contribution in [0.15, 0.2) is 23.1 Å². The molecular formula is C15H20FNO4S. The Bertz CT molecular complexity index is 664. The van der Waals surface area contributed by atoms with E-state index in [1.165, 1.54) is 16.4 Å². The second-order valence-electron chi connectivity index (χ2n) is 5.78. The summed E-state index contributed by atoms with van der Waals surface area (Å²) in [5, 5.41) is 0. The Morgan fingerprint density at radius 1 is 1.36 bits per heavy atom. The normalized spacial score (nSPS) is 29.5. The number of ether oxygens (including phenoxy) is 2. The molecule has 1 aromatic rings. The highest BCUT2D eigenvalue weighted by atomic mass is 32.2. The van der Waals surface area contributed by atoms with Gasteiger partial charge in [0.1, 0.15) is 5.82 Å². The minimum atomic E-state index is -3.77. The third kappa shape index (κ3) is 2.56. The molecule has 0 radical (unpaired) electrons. The SMILES string of the molecule is CO[C@H]1[C@H]2CC[C@H]1OCCN2S(=O)(=O)c1ccc(C)c(F)c1. The van der Waals surface area contributed by atoms with Crippen molar-refractivity contribution in [1.29, 1.82) is 0 Å². The van der Waals surface area contributed by atoms with Crippen molar-refractivity contribution in [1.82, 2.24) is 4.31 Å². The summed E-state index contributed by atoms with van der Waals surface area (Å²) in [6.45, 7) is 2.20. The van der Waals surface area contributed by atoms with Crippen LogP contribution in [0, 0.1) is 12.7 Å². The Morgan fingerprint density at radius 2 is 2.14 bits per heavy atom. The average molecular weight is 329 g/mol. The summed E-state index contributed by atoms with van der Waals surface area (Å²) >= 11 is 0. The van der Waals surface area contributed by atoms with E-state index in [2.05, 4.69) is 0 Å². The van der Waals surface area contributed by atoms with Gasteiger partial charge in [-0.1, -0.05) is 6.07 Å². The molecule has 5 nitrogen and oxygen atoms in total. The first-order chi connectivity index (χ1) is 10.4. The van der Waals surface area contributed by atoms with Crippen LogP contribution in [0.5, 0.6) is 0 Å². The van der Waals surface area contributed by atoms with E-state index in [0.717, 1.165) is 12.5 Å². The lowest BCUT2D eigenvalue weighted by atomic mass is 10.2. The van der Waals surface area contributed by atoms with Crippen molar-refractivity contribution in [2.24, 2.45) is 0 Å². The second kappa shape index (κ2) is 5.88. The van der Waals surface area contributed by atoms with Crippen LogP contribution in [-0.2, 0) is 19.5 Å². The summed E-state index contributed by atoms with van der Waals surface area (Å²) in [5.74, 6) is -0.514. The van der Waals surface area contributed by atoms with E-state index in [0.29, 0.717) is 18.6 Å². The predicted molar refractivity (Wildman–Crippen MR) is 78.6 cm³/mol. The predicted octanol–water partition coefficient (Wildman–Crippen LogP) is 1.70. The van der Waals surface area contributed by atoms with Crippen LogP contribution in [0.2, 0.25) is 0 Å². The van der Waals surface area contributed by atoms with Crippen molar-refractivity contribution < 1.29 is 22.3 Å². The topological polar surface area (TPSA) is 55.8 Å². The van der Waals surface area contributed by atoms with Crippen LogP contribution in [0.3, 0.4) is 0 Å². The zero-order valence-corrected chi connectivity index (χ0v) is 13.5. The lowest BCUT2D eigenvalue weighted by Gasteiger charge is -2.29. The van der Waals surface area contributed by atoms with E-state index in [9.17, 15) is 12.8 Å². The quantitative estimate of drug-likeness (QED) is 0.847. The van der Waals surface area contributed by atoms with E-state index in [4.69, 9.17) is 9.47 Å². The molecule has 1 saturated carbocycles. The molecule has 2 fully saturated rings. The highest BCUT2D eigenvalue weighted by Gasteiger charge is 2.46. The molecule has 1 saturated heterocycles. The monoisotopic (exact) mass is 329 g/mol. The largest absolute Gasteiger partial charge is 0.377 e. The molecule has 3 atom stereocenters. The van der Waals surface area contributed by atoms with Crippen LogP contribution in [0.4, 0.5) is 4.39 Å². The number of hydrogen-bond acceptors (Lipinski definition) is 4. The van der Waals surface area contributed by atoms with Crippen LogP contribution >= 0.6 is 0 Å². The van der Waals surface area contributed by atoms with E-state index >= 15 is 0 Å². The van der Waals surface area contributed by atoms with Crippen molar-refractivity contribution in [2.75, 3.05) is 20.3 Å². The van der Waals surface area contributed by atoms with Crippen molar-refractivity contribution in [3.63, 3.8) is 0 Å². The molecule has 0 spiro atoms. The average Bonchev–Trinajstić information content (AvgIpc) is 2.76. The van der Waals surface area contributed by atoms with Crippen LogP contribution in [-0.4, -0.2) is 51.2 Å². The van der Waals surface area contributed by atoms with Gasteiger partial charge >= 0.3 is 0 Å². The van der Waals surface area contributed by atoms with Crippen LogP contribution in [0.25, 0.3) is 0 Å².